The van der Waals surface area contributed by atoms with Gasteiger partial charge in [-0.1, -0.05) is 59.9 Å². The van der Waals surface area contributed by atoms with Crippen molar-refractivity contribution in [3.63, 3.8) is 0 Å². The van der Waals surface area contributed by atoms with Crippen molar-refractivity contribution in [1.82, 2.24) is 20.0 Å². The lowest BCUT2D eigenvalue weighted by Crippen LogP contribution is -2.61. The molecule has 1 spiro atoms. The van der Waals surface area contributed by atoms with E-state index >= 15 is 0 Å². The molecular formula is C23H24N5O2S+. The number of benzene rings is 2. The van der Waals surface area contributed by atoms with Gasteiger partial charge >= 0.3 is 11.9 Å². The maximum Gasteiger partial charge on any atom is 0.435 e. The highest BCUT2D eigenvalue weighted by molar-refractivity contribution is 7.18. The van der Waals surface area contributed by atoms with Gasteiger partial charge in [0.1, 0.15) is 11.6 Å². The zero-order valence-corrected chi connectivity index (χ0v) is 18.1. The number of urea groups is 1. The first-order valence-corrected chi connectivity index (χ1v) is 11.3. The van der Waals surface area contributed by atoms with E-state index in [1.54, 1.807) is 0 Å². The number of aromatic nitrogens is 2. The molecular weight excluding hydrogens is 410 g/mol. The summed E-state index contributed by atoms with van der Waals surface area (Å²) in [4.78, 5) is 26.8. The van der Waals surface area contributed by atoms with Gasteiger partial charge in [0.2, 0.25) is 5.13 Å². The molecule has 7 nitrogen and oxygen atoms in total. The van der Waals surface area contributed by atoms with Gasteiger partial charge in [-0.05, 0) is 25.9 Å². The van der Waals surface area contributed by atoms with E-state index in [0.717, 1.165) is 47.8 Å². The number of rotatable bonds is 2. The third-order valence-corrected chi connectivity index (χ3v) is 7.42. The number of anilines is 1. The number of fused-ring (bicyclic) bond motifs is 2. The molecule has 31 heavy (non-hydrogen) atoms. The Hall–Kier alpha value is -2.94. The molecule has 2 aromatic carbocycles. The van der Waals surface area contributed by atoms with Crippen molar-refractivity contribution in [2.45, 2.75) is 25.2 Å². The molecule has 2 N–H and O–H groups in total. The number of carbonyl (C=O) groups is 2. The quantitative estimate of drug-likeness (QED) is 0.597. The molecule has 1 unspecified atom stereocenters. The van der Waals surface area contributed by atoms with Gasteiger partial charge in [0.05, 0.1) is 12.3 Å². The van der Waals surface area contributed by atoms with Crippen LogP contribution in [0.15, 0.2) is 54.6 Å². The van der Waals surface area contributed by atoms with E-state index in [2.05, 4.69) is 26.9 Å². The number of nitrogens with one attached hydrogen (secondary N) is 2. The lowest BCUT2D eigenvalue weighted by Gasteiger charge is -2.34. The summed E-state index contributed by atoms with van der Waals surface area (Å²) in [5.74, 6) is -0.187. The van der Waals surface area contributed by atoms with Crippen molar-refractivity contribution < 1.29 is 9.59 Å². The number of amides is 3. The molecule has 1 fully saturated rings. The van der Waals surface area contributed by atoms with Crippen LogP contribution >= 0.6 is 11.3 Å². The number of carbonyl (C=O) groups excluding carboxylic acids is 2. The van der Waals surface area contributed by atoms with Crippen molar-refractivity contribution >= 4 is 34.1 Å². The fraction of sp³-hybridized carbons (Fsp3) is 0.304. The molecule has 0 saturated carbocycles. The van der Waals surface area contributed by atoms with Crippen LogP contribution in [0.4, 0.5) is 15.6 Å². The summed E-state index contributed by atoms with van der Waals surface area (Å²) in [7, 11) is 0. The van der Waals surface area contributed by atoms with Crippen molar-refractivity contribution in [3.8, 4) is 10.6 Å². The van der Waals surface area contributed by atoms with Gasteiger partial charge in [0.15, 0.2) is 5.69 Å². The molecule has 5 rings (SSSR count). The van der Waals surface area contributed by atoms with Crippen LogP contribution < -0.4 is 15.1 Å². The van der Waals surface area contributed by atoms with Crippen molar-refractivity contribution in [2.75, 3.05) is 25.0 Å². The monoisotopic (exact) mass is 434 g/mol. The Morgan fingerprint density at radius 2 is 1.74 bits per heavy atom. The molecule has 158 valence electrons. The highest BCUT2D eigenvalue weighted by Crippen LogP contribution is 2.50. The number of hydrogen-bond donors (Lipinski definition) is 2. The number of hydrogen-bond acceptors (Lipinski definition) is 6. The third kappa shape index (κ3) is 3.18. The Balaban J connectivity index is 1.51. The standard InChI is InChI=1S/C23H23N5O2S/c1-16(29)28(15-23(11-13-24-14-12-23)18-9-5-6-10-19(18)28)22(30)25-21-27-26-20(31-21)17-7-3-2-4-8-17/h2-10,24H,11-15H2,1H3/p+1. The van der Waals surface area contributed by atoms with Gasteiger partial charge in [-0.25, -0.2) is 14.9 Å². The average molecular weight is 435 g/mol. The minimum Gasteiger partial charge on any atom is -0.317 e. The maximum absolute atomic E-state index is 13.7. The second kappa shape index (κ2) is 7.64. The molecule has 0 radical (unpaired) electrons. The van der Waals surface area contributed by atoms with Crippen molar-refractivity contribution in [3.05, 3.63) is 60.2 Å². The first-order chi connectivity index (χ1) is 15.1. The third-order valence-electron chi connectivity index (χ3n) is 6.53. The van der Waals surface area contributed by atoms with Crippen molar-refractivity contribution in [1.29, 1.82) is 0 Å². The Labute approximate surface area is 184 Å². The van der Waals surface area contributed by atoms with E-state index in [9.17, 15) is 9.59 Å². The van der Waals surface area contributed by atoms with E-state index < -0.39 is 0 Å². The van der Waals surface area contributed by atoms with E-state index in [4.69, 9.17) is 0 Å². The van der Waals surface area contributed by atoms with Gasteiger partial charge in [-0.3, -0.25) is 0 Å². The SMILES string of the molecule is CC(=O)[N+]1(C(=O)Nc2nnc(-c3ccccc3)s2)CC2(CCNCC2)c2ccccc21. The normalized spacial score (nSPS) is 21.6. The molecule has 8 heteroatoms. The summed E-state index contributed by atoms with van der Waals surface area (Å²) in [6, 6.07) is 17.2. The Morgan fingerprint density at radius 3 is 2.48 bits per heavy atom. The lowest BCUT2D eigenvalue weighted by atomic mass is 9.75. The summed E-state index contributed by atoms with van der Waals surface area (Å²) in [6.07, 6.45) is 1.81. The van der Waals surface area contributed by atoms with Gasteiger partial charge < -0.3 is 5.32 Å². The van der Waals surface area contributed by atoms with Crippen LogP contribution in [-0.2, 0) is 10.2 Å². The predicted octanol–water partition coefficient (Wildman–Crippen LogP) is 3.93. The smallest absolute Gasteiger partial charge is 0.317 e. The summed E-state index contributed by atoms with van der Waals surface area (Å²) >= 11 is 1.31. The van der Waals surface area contributed by atoms with Gasteiger partial charge in [0.25, 0.3) is 0 Å². The summed E-state index contributed by atoms with van der Waals surface area (Å²) in [5.41, 5.74) is 2.66. The molecule has 3 aromatic rings. The first-order valence-electron chi connectivity index (χ1n) is 10.5. The topological polar surface area (TPSA) is 84.0 Å². The molecule has 3 amide bonds. The fourth-order valence-electron chi connectivity index (χ4n) is 4.98. The largest absolute Gasteiger partial charge is 0.435 e. The number of imide groups is 1. The van der Waals surface area contributed by atoms with E-state index in [1.165, 1.54) is 18.3 Å². The molecule has 1 saturated heterocycles. The molecule has 0 bridgehead atoms. The molecule has 2 aliphatic rings. The minimum absolute atomic E-state index is 0.179. The second-order valence-electron chi connectivity index (χ2n) is 8.24. The minimum atomic E-state index is -0.369. The zero-order valence-electron chi connectivity index (χ0n) is 17.3. The van der Waals surface area contributed by atoms with Crippen LogP contribution in [0.2, 0.25) is 0 Å². The van der Waals surface area contributed by atoms with E-state index in [-0.39, 0.29) is 21.8 Å². The summed E-state index contributed by atoms with van der Waals surface area (Å²) in [6.45, 7) is 3.71. The molecule has 1 aromatic heterocycles. The lowest BCUT2D eigenvalue weighted by molar-refractivity contribution is -0.125. The van der Waals surface area contributed by atoms with Crippen LogP contribution in [-0.4, -0.2) is 41.8 Å². The predicted molar refractivity (Wildman–Crippen MR) is 122 cm³/mol. The molecule has 1 atom stereocenters. The Bertz CT molecular complexity index is 1140. The summed E-state index contributed by atoms with van der Waals surface area (Å²) in [5, 5.41) is 15.8. The number of para-hydroxylation sites is 1. The number of nitrogens with zero attached hydrogens (tertiary/aromatic N) is 3. The molecule has 2 aliphatic heterocycles. The van der Waals surface area contributed by atoms with Crippen LogP contribution in [0.1, 0.15) is 25.3 Å². The van der Waals surface area contributed by atoms with Crippen LogP contribution in [0.3, 0.4) is 0 Å². The van der Waals surface area contributed by atoms with Gasteiger partial charge in [-0.2, -0.15) is 0 Å². The highest BCUT2D eigenvalue weighted by Gasteiger charge is 2.60. The number of quaternary nitrogens is 1. The van der Waals surface area contributed by atoms with Crippen LogP contribution in [0.5, 0.6) is 0 Å². The van der Waals surface area contributed by atoms with Gasteiger partial charge in [0, 0.05) is 17.2 Å². The Morgan fingerprint density at radius 1 is 1.03 bits per heavy atom. The summed E-state index contributed by atoms with van der Waals surface area (Å²) < 4.78 is -0.337. The zero-order chi connectivity index (χ0) is 21.5. The maximum atomic E-state index is 13.7. The van der Waals surface area contributed by atoms with Crippen LogP contribution in [0.25, 0.3) is 10.6 Å². The molecule has 0 aliphatic carbocycles. The van der Waals surface area contributed by atoms with Gasteiger partial charge in [-0.15, -0.1) is 14.7 Å². The fourth-order valence-corrected chi connectivity index (χ4v) is 5.71. The highest BCUT2D eigenvalue weighted by atomic mass is 32.1. The first kappa shape index (κ1) is 20.0. The second-order valence-corrected chi connectivity index (χ2v) is 9.22. The number of piperidine rings is 1. The van der Waals surface area contributed by atoms with Crippen molar-refractivity contribution in [2.24, 2.45) is 0 Å². The van der Waals surface area contributed by atoms with Crippen LogP contribution in [0, 0.1) is 0 Å². The Kier molecular flexibility index (Phi) is 4.92. The van der Waals surface area contributed by atoms with E-state index in [0.29, 0.717) is 11.7 Å². The average Bonchev–Trinajstić information content (AvgIpc) is 3.37. The molecule has 3 heterocycles. The van der Waals surface area contributed by atoms with E-state index in [1.807, 2.05) is 48.5 Å².